The van der Waals surface area contributed by atoms with E-state index in [4.69, 9.17) is 5.11 Å². The second kappa shape index (κ2) is 8.12. The fourth-order valence-corrected chi connectivity index (χ4v) is 2.49. The average Bonchev–Trinajstić information content (AvgIpc) is 2.28. The fourth-order valence-electron chi connectivity index (χ4n) is 2.49. The molecule has 0 bridgehead atoms. The Balaban J connectivity index is 1.97. The van der Waals surface area contributed by atoms with Crippen molar-refractivity contribution in [2.75, 3.05) is 13.2 Å². The second-order valence-corrected chi connectivity index (χ2v) is 5.01. The van der Waals surface area contributed by atoms with Gasteiger partial charge in [-0.05, 0) is 38.6 Å². The number of hydrogen-bond donors (Lipinski definition) is 2. The number of hydrogen-bond acceptors (Lipinski definition) is 2. The number of aliphatic hydroxyl groups is 1. The first-order valence-electron chi connectivity index (χ1n) is 6.67. The topological polar surface area (TPSA) is 32.3 Å². The maximum atomic E-state index is 8.67. The van der Waals surface area contributed by atoms with Crippen LogP contribution in [-0.2, 0) is 0 Å². The van der Waals surface area contributed by atoms with Crippen LogP contribution in [0.2, 0.25) is 0 Å². The molecule has 1 unspecified atom stereocenters. The molecular weight excluding hydrogens is 186 g/mol. The quantitative estimate of drug-likeness (QED) is 0.637. The highest BCUT2D eigenvalue weighted by Crippen LogP contribution is 2.27. The third kappa shape index (κ3) is 6.16. The summed E-state index contributed by atoms with van der Waals surface area (Å²) in [5.41, 5.74) is 0. The zero-order valence-corrected chi connectivity index (χ0v) is 10.2. The normalized spacial score (nSPS) is 20.4. The lowest BCUT2D eigenvalue weighted by atomic mass is 9.85. The van der Waals surface area contributed by atoms with Gasteiger partial charge in [-0.15, -0.1) is 0 Å². The van der Waals surface area contributed by atoms with Crippen molar-refractivity contribution in [1.29, 1.82) is 0 Å². The van der Waals surface area contributed by atoms with Gasteiger partial charge in [0.25, 0.3) is 0 Å². The van der Waals surface area contributed by atoms with E-state index in [1.807, 2.05) is 0 Å². The first-order valence-corrected chi connectivity index (χ1v) is 6.67. The molecule has 0 spiro atoms. The van der Waals surface area contributed by atoms with Crippen LogP contribution in [0, 0.1) is 5.92 Å². The summed E-state index contributed by atoms with van der Waals surface area (Å²) in [6.45, 7) is 3.53. The molecule has 90 valence electrons. The molecule has 0 aromatic carbocycles. The Morgan fingerprint density at radius 3 is 2.67 bits per heavy atom. The Hall–Kier alpha value is -0.0800. The Bertz CT molecular complexity index is 143. The zero-order chi connectivity index (χ0) is 10.9. The summed E-state index contributed by atoms with van der Waals surface area (Å²) in [5, 5.41) is 12.1. The van der Waals surface area contributed by atoms with Crippen molar-refractivity contribution in [2.45, 2.75) is 64.3 Å². The van der Waals surface area contributed by atoms with E-state index in [0.717, 1.165) is 18.9 Å². The summed E-state index contributed by atoms with van der Waals surface area (Å²) >= 11 is 0. The van der Waals surface area contributed by atoms with Crippen LogP contribution < -0.4 is 5.32 Å². The summed E-state index contributed by atoms with van der Waals surface area (Å²) in [5.74, 6) is 1.00. The lowest BCUT2D eigenvalue weighted by Gasteiger charge is -2.23. The van der Waals surface area contributed by atoms with E-state index in [-0.39, 0.29) is 0 Å². The van der Waals surface area contributed by atoms with Crippen LogP contribution in [0.15, 0.2) is 0 Å². The molecule has 1 rings (SSSR count). The summed E-state index contributed by atoms with van der Waals surface area (Å²) in [4.78, 5) is 0. The smallest absolute Gasteiger partial charge is 0.0443 e. The zero-order valence-electron chi connectivity index (χ0n) is 10.2. The minimum Gasteiger partial charge on any atom is -0.396 e. The molecule has 1 saturated carbocycles. The van der Waals surface area contributed by atoms with E-state index >= 15 is 0 Å². The number of rotatable bonds is 7. The molecule has 0 aliphatic heterocycles. The van der Waals surface area contributed by atoms with Crippen molar-refractivity contribution in [3.63, 3.8) is 0 Å². The maximum Gasteiger partial charge on any atom is 0.0443 e. The molecule has 1 fully saturated rings. The maximum absolute atomic E-state index is 8.67. The monoisotopic (exact) mass is 213 g/mol. The Kier molecular flexibility index (Phi) is 7.03. The van der Waals surface area contributed by atoms with Crippen molar-refractivity contribution >= 4 is 0 Å². The highest BCUT2D eigenvalue weighted by Gasteiger charge is 2.14. The third-order valence-electron chi connectivity index (χ3n) is 3.56. The molecule has 0 radical (unpaired) electrons. The molecule has 0 saturated heterocycles. The van der Waals surface area contributed by atoms with Crippen LogP contribution in [-0.4, -0.2) is 24.3 Å². The van der Waals surface area contributed by atoms with Crippen molar-refractivity contribution in [3.8, 4) is 0 Å². The summed E-state index contributed by atoms with van der Waals surface area (Å²) < 4.78 is 0. The SMILES string of the molecule is CC(CCC1CCCCC1)NCCCO. The largest absolute Gasteiger partial charge is 0.396 e. The summed E-state index contributed by atoms with van der Waals surface area (Å²) in [6.07, 6.45) is 10.9. The van der Waals surface area contributed by atoms with Gasteiger partial charge < -0.3 is 10.4 Å². The molecule has 0 amide bonds. The van der Waals surface area contributed by atoms with Gasteiger partial charge in [0.05, 0.1) is 0 Å². The molecule has 0 aromatic rings. The Labute approximate surface area is 94.5 Å². The van der Waals surface area contributed by atoms with Crippen molar-refractivity contribution in [2.24, 2.45) is 5.92 Å². The molecule has 2 heteroatoms. The predicted molar refractivity (Wildman–Crippen MR) is 65.0 cm³/mol. The number of aliphatic hydroxyl groups excluding tert-OH is 1. The molecule has 2 N–H and O–H groups in total. The van der Waals surface area contributed by atoms with Gasteiger partial charge in [0.1, 0.15) is 0 Å². The third-order valence-corrected chi connectivity index (χ3v) is 3.56. The van der Waals surface area contributed by atoms with Gasteiger partial charge in [0.15, 0.2) is 0 Å². The molecular formula is C13H27NO. The van der Waals surface area contributed by atoms with Gasteiger partial charge in [-0.1, -0.05) is 32.1 Å². The van der Waals surface area contributed by atoms with Gasteiger partial charge in [-0.3, -0.25) is 0 Å². The Morgan fingerprint density at radius 1 is 1.27 bits per heavy atom. The number of nitrogens with one attached hydrogen (secondary N) is 1. The molecule has 1 aliphatic rings. The van der Waals surface area contributed by atoms with E-state index < -0.39 is 0 Å². The molecule has 2 nitrogen and oxygen atoms in total. The second-order valence-electron chi connectivity index (χ2n) is 5.01. The van der Waals surface area contributed by atoms with Crippen molar-refractivity contribution < 1.29 is 5.11 Å². The lowest BCUT2D eigenvalue weighted by molar-refractivity contribution is 0.279. The van der Waals surface area contributed by atoms with E-state index in [0.29, 0.717) is 12.6 Å². The lowest BCUT2D eigenvalue weighted by Crippen LogP contribution is -2.28. The van der Waals surface area contributed by atoms with Crippen LogP contribution in [0.1, 0.15) is 58.3 Å². The molecule has 15 heavy (non-hydrogen) atoms. The van der Waals surface area contributed by atoms with E-state index in [1.54, 1.807) is 0 Å². The van der Waals surface area contributed by atoms with Gasteiger partial charge in [-0.25, -0.2) is 0 Å². The summed E-state index contributed by atoms with van der Waals surface area (Å²) in [6, 6.07) is 0.624. The molecule has 0 aromatic heterocycles. The van der Waals surface area contributed by atoms with Gasteiger partial charge in [-0.2, -0.15) is 0 Å². The van der Waals surface area contributed by atoms with Gasteiger partial charge >= 0.3 is 0 Å². The fraction of sp³-hybridized carbons (Fsp3) is 1.00. The van der Waals surface area contributed by atoms with Crippen LogP contribution in [0.4, 0.5) is 0 Å². The van der Waals surface area contributed by atoms with Crippen LogP contribution in [0.5, 0.6) is 0 Å². The molecule has 1 atom stereocenters. The van der Waals surface area contributed by atoms with E-state index in [1.165, 1.54) is 44.9 Å². The highest BCUT2D eigenvalue weighted by molar-refractivity contribution is 4.69. The first-order chi connectivity index (χ1) is 7.33. The molecule has 0 heterocycles. The highest BCUT2D eigenvalue weighted by atomic mass is 16.3. The minimum absolute atomic E-state index is 0.308. The Morgan fingerprint density at radius 2 is 2.00 bits per heavy atom. The van der Waals surface area contributed by atoms with Crippen LogP contribution in [0.25, 0.3) is 0 Å². The van der Waals surface area contributed by atoms with Crippen LogP contribution in [0.3, 0.4) is 0 Å². The van der Waals surface area contributed by atoms with Gasteiger partial charge in [0.2, 0.25) is 0 Å². The minimum atomic E-state index is 0.308. The van der Waals surface area contributed by atoms with Crippen molar-refractivity contribution in [1.82, 2.24) is 5.32 Å². The molecule has 1 aliphatic carbocycles. The van der Waals surface area contributed by atoms with Crippen molar-refractivity contribution in [3.05, 3.63) is 0 Å². The summed E-state index contributed by atoms with van der Waals surface area (Å²) in [7, 11) is 0. The van der Waals surface area contributed by atoms with E-state index in [2.05, 4.69) is 12.2 Å². The predicted octanol–water partition coefficient (Wildman–Crippen LogP) is 2.71. The average molecular weight is 213 g/mol. The standard InChI is InChI=1S/C13H27NO/c1-12(14-10-5-11-15)8-9-13-6-3-2-4-7-13/h12-15H,2-11H2,1H3. The first kappa shape index (κ1) is 13.0. The van der Waals surface area contributed by atoms with E-state index in [9.17, 15) is 0 Å². The van der Waals surface area contributed by atoms with Gasteiger partial charge in [0, 0.05) is 12.6 Å². The van der Waals surface area contributed by atoms with Crippen LogP contribution >= 0.6 is 0 Å².